The van der Waals surface area contributed by atoms with Crippen molar-refractivity contribution in [1.82, 2.24) is 0 Å². The number of rotatable bonds is 18. The molecule has 1 atom stereocenters. The number of quaternary nitrogens is 1. The Kier molecular flexibility index (Phi) is 14.1. The molecule has 0 amide bonds. The Morgan fingerprint density at radius 2 is 1.31 bits per heavy atom. The third kappa shape index (κ3) is 16.8. The molecule has 0 radical (unpaired) electrons. The molecule has 4 heteroatoms. The van der Waals surface area contributed by atoms with Crippen molar-refractivity contribution in [2.75, 3.05) is 27.2 Å². The highest BCUT2D eigenvalue weighted by molar-refractivity contribution is 5.64. The number of unbranched alkanes of at least 4 members (excludes halogenated alkanes) is 11. The maximum atomic E-state index is 10.6. The molecule has 0 fully saturated rings. The molecule has 4 nitrogen and oxygen atoms in total. The lowest BCUT2D eigenvalue weighted by Crippen LogP contribution is -2.51. The SMILES string of the molecule is CCCCCCCCCCCCCCC(C)(O)C[N+](C)(C)CCC(=O)[O-]. The smallest absolute Gasteiger partial charge is 0.111 e. The predicted octanol–water partition coefficient (Wildman–Crippen LogP) is 4.05. The van der Waals surface area contributed by atoms with Crippen molar-refractivity contribution in [2.45, 2.75) is 109 Å². The zero-order valence-electron chi connectivity index (χ0n) is 18.0. The zero-order chi connectivity index (χ0) is 19.9. The molecular formula is C22H45NO3. The highest BCUT2D eigenvalue weighted by Crippen LogP contribution is 2.20. The van der Waals surface area contributed by atoms with E-state index in [0.717, 1.165) is 12.8 Å². The van der Waals surface area contributed by atoms with E-state index >= 15 is 0 Å². The Balaban J connectivity index is 3.62. The Hall–Kier alpha value is -0.610. The van der Waals surface area contributed by atoms with Crippen molar-refractivity contribution >= 4 is 5.97 Å². The number of carboxylic acid groups (broad SMARTS) is 1. The Morgan fingerprint density at radius 1 is 0.885 bits per heavy atom. The summed E-state index contributed by atoms with van der Waals surface area (Å²) in [5, 5.41) is 21.2. The largest absolute Gasteiger partial charge is 0.550 e. The second kappa shape index (κ2) is 14.4. The predicted molar refractivity (Wildman–Crippen MR) is 108 cm³/mol. The van der Waals surface area contributed by atoms with Crippen molar-refractivity contribution in [3.05, 3.63) is 0 Å². The van der Waals surface area contributed by atoms with Gasteiger partial charge in [0.25, 0.3) is 0 Å². The van der Waals surface area contributed by atoms with Crippen molar-refractivity contribution in [3.63, 3.8) is 0 Å². The van der Waals surface area contributed by atoms with Crippen LogP contribution in [0.2, 0.25) is 0 Å². The first kappa shape index (κ1) is 25.4. The number of aliphatic carboxylic acids is 1. The first-order valence-electron chi connectivity index (χ1n) is 10.9. The minimum atomic E-state index is -1.02. The van der Waals surface area contributed by atoms with Gasteiger partial charge in [-0.15, -0.1) is 0 Å². The van der Waals surface area contributed by atoms with Crippen molar-refractivity contribution in [2.24, 2.45) is 0 Å². The number of carboxylic acids is 1. The summed E-state index contributed by atoms with van der Waals surface area (Å²) in [6, 6.07) is 0. The minimum absolute atomic E-state index is 0.0433. The van der Waals surface area contributed by atoms with E-state index in [0.29, 0.717) is 17.6 Å². The maximum absolute atomic E-state index is 10.6. The second-order valence-corrected chi connectivity index (χ2v) is 9.08. The van der Waals surface area contributed by atoms with Crippen LogP contribution in [-0.2, 0) is 4.79 Å². The molecule has 0 rings (SSSR count). The molecule has 0 saturated heterocycles. The normalized spacial score (nSPS) is 14.3. The van der Waals surface area contributed by atoms with Gasteiger partial charge < -0.3 is 19.5 Å². The molecule has 0 heterocycles. The molecule has 0 spiro atoms. The van der Waals surface area contributed by atoms with Crippen molar-refractivity contribution in [3.8, 4) is 0 Å². The zero-order valence-corrected chi connectivity index (χ0v) is 18.0. The fourth-order valence-corrected chi connectivity index (χ4v) is 3.82. The number of aliphatic hydroxyl groups is 1. The molecule has 0 aliphatic carbocycles. The van der Waals surface area contributed by atoms with E-state index in [1.807, 2.05) is 21.0 Å². The van der Waals surface area contributed by atoms with Gasteiger partial charge in [0, 0.05) is 12.4 Å². The van der Waals surface area contributed by atoms with Crippen LogP contribution in [0.15, 0.2) is 0 Å². The third-order valence-corrected chi connectivity index (χ3v) is 5.26. The van der Waals surface area contributed by atoms with Crippen LogP contribution in [0.1, 0.15) is 104 Å². The van der Waals surface area contributed by atoms with Gasteiger partial charge in [-0.05, 0) is 13.3 Å². The molecular weight excluding hydrogens is 326 g/mol. The van der Waals surface area contributed by atoms with Gasteiger partial charge in [0.1, 0.15) is 12.1 Å². The van der Waals surface area contributed by atoms with Crippen LogP contribution in [0, 0.1) is 0 Å². The number of likely N-dealkylation sites (N-methyl/N-ethyl adjacent to an activating group) is 1. The van der Waals surface area contributed by atoms with Crippen LogP contribution < -0.4 is 5.11 Å². The van der Waals surface area contributed by atoms with E-state index in [1.54, 1.807) is 0 Å². The van der Waals surface area contributed by atoms with Crippen LogP contribution in [0.5, 0.6) is 0 Å². The summed E-state index contributed by atoms with van der Waals surface area (Å²) in [4.78, 5) is 10.6. The highest BCUT2D eigenvalue weighted by atomic mass is 16.4. The first-order chi connectivity index (χ1) is 12.2. The first-order valence-corrected chi connectivity index (χ1v) is 10.9. The van der Waals surface area contributed by atoms with Crippen LogP contribution in [0.4, 0.5) is 0 Å². The summed E-state index contributed by atoms with van der Waals surface area (Å²) in [6.45, 7) is 5.22. The van der Waals surface area contributed by atoms with Gasteiger partial charge in [-0.1, -0.05) is 84.0 Å². The standard InChI is InChI=1S/C22H45NO3/c1-5-6-7-8-9-10-11-12-13-14-15-16-18-22(2,26)20-23(3,4)19-17-21(24)25/h26H,5-20H2,1-4H3. The van der Waals surface area contributed by atoms with E-state index in [1.165, 1.54) is 70.6 Å². The summed E-state index contributed by atoms with van der Waals surface area (Å²) in [7, 11) is 3.94. The molecule has 0 aliphatic rings. The number of hydrogen-bond acceptors (Lipinski definition) is 3. The number of carbonyl (C=O) groups excluding carboxylic acids is 1. The van der Waals surface area contributed by atoms with Crippen LogP contribution in [0.25, 0.3) is 0 Å². The lowest BCUT2D eigenvalue weighted by atomic mass is 9.96. The third-order valence-electron chi connectivity index (χ3n) is 5.26. The monoisotopic (exact) mass is 371 g/mol. The van der Waals surface area contributed by atoms with Crippen LogP contribution >= 0.6 is 0 Å². The summed E-state index contributed by atoms with van der Waals surface area (Å²) in [5.41, 5.74) is -0.728. The second-order valence-electron chi connectivity index (χ2n) is 9.08. The van der Waals surface area contributed by atoms with Gasteiger partial charge in [-0.25, -0.2) is 0 Å². The molecule has 156 valence electrons. The molecule has 0 aromatic carbocycles. The quantitative estimate of drug-likeness (QED) is 0.292. The Morgan fingerprint density at radius 3 is 1.73 bits per heavy atom. The molecule has 0 aliphatic heterocycles. The number of nitrogens with zero attached hydrogens (tertiary/aromatic N) is 1. The van der Waals surface area contributed by atoms with E-state index in [9.17, 15) is 15.0 Å². The summed E-state index contributed by atoms with van der Waals surface area (Å²) < 4.78 is 0.513. The average molecular weight is 372 g/mol. The molecule has 1 unspecified atom stereocenters. The summed E-state index contributed by atoms with van der Waals surface area (Å²) >= 11 is 0. The van der Waals surface area contributed by atoms with E-state index in [4.69, 9.17) is 0 Å². The number of carbonyl (C=O) groups is 1. The summed E-state index contributed by atoms with van der Waals surface area (Å²) in [6.07, 6.45) is 16.6. The minimum Gasteiger partial charge on any atom is -0.550 e. The fraction of sp³-hybridized carbons (Fsp3) is 0.955. The highest BCUT2D eigenvalue weighted by Gasteiger charge is 2.29. The molecule has 0 aromatic rings. The average Bonchev–Trinajstić information content (AvgIpc) is 2.53. The molecule has 26 heavy (non-hydrogen) atoms. The van der Waals surface area contributed by atoms with Crippen LogP contribution in [0.3, 0.4) is 0 Å². The van der Waals surface area contributed by atoms with E-state index in [2.05, 4.69) is 6.92 Å². The molecule has 0 aromatic heterocycles. The lowest BCUT2D eigenvalue weighted by molar-refractivity contribution is -0.896. The van der Waals surface area contributed by atoms with Crippen LogP contribution in [-0.4, -0.2) is 48.3 Å². The van der Waals surface area contributed by atoms with E-state index in [-0.39, 0.29) is 6.42 Å². The van der Waals surface area contributed by atoms with Crippen molar-refractivity contribution in [1.29, 1.82) is 0 Å². The van der Waals surface area contributed by atoms with Crippen molar-refractivity contribution < 1.29 is 19.5 Å². The maximum Gasteiger partial charge on any atom is 0.111 e. The topological polar surface area (TPSA) is 60.4 Å². The fourth-order valence-electron chi connectivity index (χ4n) is 3.82. The van der Waals surface area contributed by atoms with Gasteiger partial charge in [-0.2, -0.15) is 0 Å². The van der Waals surface area contributed by atoms with E-state index < -0.39 is 11.6 Å². The van der Waals surface area contributed by atoms with Gasteiger partial charge in [0.15, 0.2) is 0 Å². The summed E-state index contributed by atoms with van der Waals surface area (Å²) in [5.74, 6) is -1.02. The molecule has 0 saturated carbocycles. The molecule has 1 N–H and O–H groups in total. The van der Waals surface area contributed by atoms with Gasteiger partial charge in [0.05, 0.1) is 20.6 Å². The van der Waals surface area contributed by atoms with Gasteiger partial charge in [0.2, 0.25) is 0 Å². The van der Waals surface area contributed by atoms with Gasteiger partial charge in [-0.3, -0.25) is 0 Å². The lowest BCUT2D eigenvalue weighted by Gasteiger charge is -2.36. The molecule has 0 bridgehead atoms. The Labute approximate surface area is 162 Å². The number of hydrogen-bond donors (Lipinski definition) is 1. The van der Waals surface area contributed by atoms with Gasteiger partial charge >= 0.3 is 0 Å². The Bertz CT molecular complexity index is 353.